The van der Waals surface area contributed by atoms with E-state index in [1.54, 1.807) is 66.7 Å². The molecule has 0 spiro atoms. The summed E-state index contributed by atoms with van der Waals surface area (Å²) in [6.45, 7) is -0.367. The number of methoxy groups -OCH3 is 1. The molecule has 0 aliphatic rings. The molecule has 8 heteroatoms. The summed E-state index contributed by atoms with van der Waals surface area (Å²) < 4.78 is 33.6. The van der Waals surface area contributed by atoms with Gasteiger partial charge < -0.3 is 10.1 Å². The molecule has 0 atom stereocenters. The molecule has 3 aromatic rings. The number of nitrogens with zero attached hydrogens (tertiary/aromatic N) is 1. The van der Waals surface area contributed by atoms with Crippen molar-refractivity contribution in [3.8, 4) is 5.75 Å². The van der Waals surface area contributed by atoms with Crippen LogP contribution in [0.25, 0.3) is 0 Å². The normalized spacial score (nSPS) is 11.0. The minimum Gasteiger partial charge on any atom is -0.497 e. The zero-order chi connectivity index (χ0) is 20.9. The lowest BCUT2D eigenvalue weighted by molar-refractivity contribution is -0.114. The number of hydrogen-bond donors (Lipinski definition) is 1. The minimum absolute atomic E-state index is 0.0681. The predicted octanol–water partition coefficient (Wildman–Crippen LogP) is 4.29. The van der Waals surface area contributed by atoms with Gasteiger partial charge >= 0.3 is 0 Å². The molecule has 1 N–H and O–H groups in total. The largest absolute Gasteiger partial charge is 0.497 e. The fourth-order valence-electron chi connectivity index (χ4n) is 2.65. The van der Waals surface area contributed by atoms with Gasteiger partial charge in [-0.3, -0.25) is 9.10 Å². The molecule has 0 radical (unpaired) electrons. The molecule has 0 heterocycles. The first kappa shape index (κ1) is 20.9. The number of nitrogens with one attached hydrogen (secondary N) is 1. The Morgan fingerprint density at radius 1 is 0.966 bits per heavy atom. The summed E-state index contributed by atoms with van der Waals surface area (Å²) >= 11 is 3.34. The zero-order valence-electron chi connectivity index (χ0n) is 15.6. The van der Waals surface area contributed by atoms with E-state index in [0.29, 0.717) is 17.1 Å². The third-order valence-electron chi connectivity index (χ3n) is 4.11. The van der Waals surface area contributed by atoms with Crippen LogP contribution in [0.1, 0.15) is 0 Å². The first-order valence-corrected chi connectivity index (χ1v) is 10.9. The van der Waals surface area contributed by atoms with Gasteiger partial charge in [-0.1, -0.05) is 34.1 Å². The van der Waals surface area contributed by atoms with Crippen molar-refractivity contribution in [1.82, 2.24) is 0 Å². The Morgan fingerprint density at radius 3 is 2.17 bits per heavy atom. The Morgan fingerprint density at radius 2 is 1.59 bits per heavy atom. The van der Waals surface area contributed by atoms with Gasteiger partial charge in [0.2, 0.25) is 5.91 Å². The molecule has 0 aliphatic heterocycles. The van der Waals surface area contributed by atoms with E-state index in [2.05, 4.69) is 21.2 Å². The summed E-state index contributed by atoms with van der Waals surface area (Å²) in [7, 11) is -2.46. The molecule has 0 unspecified atom stereocenters. The standard InChI is InChI=1S/C21H19BrN2O4S/c1-28-19-11-13-20(14-12-19)29(26,27)24(18-5-3-2-4-6-18)15-21(25)23-17-9-7-16(22)8-10-17/h2-14H,15H2,1H3,(H,23,25). The highest BCUT2D eigenvalue weighted by Crippen LogP contribution is 2.25. The van der Waals surface area contributed by atoms with Gasteiger partial charge in [0.1, 0.15) is 12.3 Å². The summed E-state index contributed by atoms with van der Waals surface area (Å²) in [6.07, 6.45) is 0. The van der Waals surface area contributed by atoms with Crippen LogP contribution in [-0.4, -0.2) is 28.0 Å². The quantitative estimate of drug-likeness (QED) is 0.553. The number of amides is 1. The monoisotopic (exact) mass is 474 g/mol. The van der Waals surface area contributed by atoms with E-state index in [4.69, 9.17) is 4.74 Å². The molecule has 6 nitrogen and oxygen atoms in total. The van der Waals surface area contributed by atoms with Crippen LogP contribution in [-0.2, 0) is 14.8 Å². The van der Waals surface area contributed by atoms with Crippen LogP contribution < -0.4 is 14.4 Å². The SMILES string of the molecule is COc1ccc(S(=O)(=O)N(CC(=O)Nc2ccc(Br)cc2)c2ccccc2)cc1. The maximum absolute atomic E-state index is 13.3. The van der Waals surface area contributed by atoms with Gasteiger partial charge in [0, 0.05) is 10.2 Å². The highest BCUT2D eigenvalue weighted by atomic mass is 79.9. The van der Waals surface area contributed by atoms with Gasteiger partial charge in [-0.2, -0.15) is 0 Å². The smallest absolute Gasteiger partial charge is 0.264 e. The molecule has 3 rings (SSSR count). The number of ether oxygens (including phenoxy) is 1. The molecule has 0 saturated carbocycles. The predicted molar refractivity (Wildman–Crippen MR) is 117 cm³/mol. The number of anilines is 2. The number of rotatable bonds is 7. The van der Waals surface area contributed by atoms with Crippen molar-refractivity contribution in [2.24, 2.45) is 0 Å². The molecule has 1 amide bonds. The number of para-hydroxylation sites is 1. The molecular weight excluding hydrogens is 456 g/mol. The van der Waals surface area contributed by atoms with Crippen molar-refractivity contribution < 1.29 is 17.9 Å². The molecule has 29 heavy (non-hydrogen) atoms. The van der Waals surface area contributed by atoms with Gasteiger partial charge in [-0.05, 0) is 60.7 Å². The molecule has 0 saturated heterocycles. The van der Waals surface area contributed by atoms with Gasteiger partial charge in [-0.15, -0.1) is 0 Å². The summed E-state index contributed by atoms with van der Waals surface area (Å²) in [5.74, 6) is 0.0939. The van der Waals surface area contributed by atoms with E-state index in [1.807, 2.05) is 0 Å². The maximum atomic E-state index is 13.3. The highest BCUT2D eigenvalue weighted by molar-refractivity contribution is 9.10. The van der Waals surface area contributed by atoms with E-state index in [1.165, 1.54) is 19.2 Å². The van der Waals surface area contributed by atoms with Crippen molar-refractivity contribution in [1.29, 1.82) is 0 Å². The van der Waals surface area contributed by atoms with E-state index >= 15 is 0 Å². The first-order chi connectivity index (χ1) is 13.9. The van der Waals surface area contributed by atoms with Crippen molar-refractivity contribution >= 4 is 43.2 Å². The van der Waals surface area contributed by atoms with Crippen molar-refractivity contribution in [2.75, 3.05) is 23.3 Å². The molecule has 0 aromatic heterocycles. The lowest BCUT2D eigenvalue weighted by Gasteiger charge is -2.24. The molecule has 0 aliphatic carbocycles. The summed E-state index contributed by atoms with van der Waals surface area (Å²) in [6, 6.07) is 21.6. The Balaban J connectivity index is 1.90. The summed E-state index contributed by atoms with van der Waals surface area (Å²) in [4.78, 5) is 12.7. The van der Waals surface area contributed by atoms with E-state index < -0.39 is 15.9 Å². The summed E-state index contributed by atoms with van der Waals surface area (Å²) in [5, 5.41) is 2.73. The summed E-state index contributed by atoms with van der Waals surface area (Å²) in [5.41, 5.74) is 0.974. The molecule has 0 bridgehead atoms. The van der Waals surface area contributed by atoms with Crippen LogP contribution in [0.5, 0.6) is 5.75 Å². The number of benzene rings is 3. The van der Waals surface area contributed by atoms with Crippen LogP contribution in [0.2, 0.25) is 0 Å². The second-order valence-corrected chi connectivity index (χ2v) is 8.86. The average molecular weight is 475 g/mol. The Labute approximate surface area is 178 Å². The minimum atomic E-state index is -3.96. The fraction of sp³-hybridized carbons (Fsp3) is 0.0952. The number of halogens is 1. The zero-order valence-corrected chi connectivity index (χ0v) is 18.0. The lowest BCUT2D eigenvalue weighted by Crippen LogP contribution is -2.38. The van der Waals surface area contributed by atoms with Crippen molar-refractivity contribution in [3.63, 3.8) is 0 Å². The van der Waals surface area contributed by atoms with Crippen molar-refractivity contribution in [3.05, 3.63) is 83.3 Å². The number of sulfonamides is 1. The van der Waals surface area contributed by atoms with Crippen LogP contribution in [0, 0.1) is 0 Å². The average Bonchev–Trinajstić information content (AvgIpc) is 2.74. The second kappa shape index (κ2) is 9.11. The van der Waals surface area contributed by atoms with Crippen LogP contribution in [0.4, 0.5) is 11.4 Å². The Bertz CT molecular complexity index is 1070. The highest BCUT2D eigenvalue weighted by Gasteiger charge is 2.27. The van der Waals surface area contributed by atoms with Gasteiger partial charge in [0.05, 0.1) is 17.7 Å². The van der Waals surface area contributed by atoms with Crippen molar-refractivity contribution in [2.45, 2.75) is 4.90 Å². The molecule has 0 fully saturated rings. The third-order valence-corrected chi connectivity index (χ3v) is 6.42. The Kier molecular flexibility index (Phi) is 6.56. The van der Waals surface area contributed by atoms with Crippen LogP contribution in [0.3, 0.4) is 0 Å². The fourth-order valence-corrected chi connectivity index (χ4v) is 4.33. The van der Waals surface area contributed by atoms with E-state index in [-0.39, 0.29) is 11.4 Å². The van der Waals surface area contributed by atoms with Crippen LogP contribution in [0.15, 0.2) is 88.2 Å². The second-order valence-electron chi connectivity index (χ2n) is 6.08. The molecule has 3 aromatic carbocycles. The van der Waals surface area contributed by atoms with Gasteiger partial charge in [0.15, 0.2) is 0 Å². The first-order valence-electron chi connectivity index (χ1n) is 8.67. The van der Waals surface area contributed by atoms with Gasteiger partial charge in [-0.25, -0.2) is 8.42 Å². The van der Waals surface area contributed by atoms with E-state index in [0.717, 1.165) is 8.78 Å². The maximum Gasteiger partial charge on any atom is 0.264 e. The van der Waals surface area contributed by atoms with Gasteiger partial charge in [0.25, 0.3) is 10.0 Å². The number of hydrogen-bond acceptors (Lipinski definition) is 4. The molecule has 150 valence electrons. The number of carbonyl (C=O) groups is 1. The third kappa shape index (κ3) is 5.16. The molecular formula is C21H19BrN2O4S. The topological polar surface area (TPSA) is 75.7 Å². The van der Waals surface area contributed by atoms with E-state index in [9.17, 15) is 13.2 Å². The number of carbonyl (C=O) groups excluding carboxylic acids is 1. The van der Waals surface area contributed by atoms with Crippen LogP contribution >= 0.6 is 15.9 Å². The Hall–Kier alpha value is -2.84. The lowest BCUT2D eigenvalue weighted by atomic mass is 10.3.